The van der Waals surface area contributed by atoms with Crippen LogP contribution in [0.15, 0.2) is 60.7 Å². The fourth-order valence-corrected chi connectivity index (χ4v) is 4.35. The highest BCUT2D eigenvalue weighted by Crippen LogP contribution is 2.32. The number of hydrogen-bond donors (Lipinski definition) is 2. The van der Waals surface area contributed by atoms with Crippen LogP contribution in [0.3, 0.4) is 0 Å². The minimum atomic E-state index is -4.13. The fourth-order valence-electron chi connectivity index (χ4n) is 4.35. The van der Waals surface area contributed by atoms with Crippen molar-refractivity contribution in [3.63, 3.8) is 0 Å². The molecule has 0 atom stereocenters. The number of aldehydes is 1. The van der Waals surface area contributed by atoms with Crippen LogP contribution in [0.1, 0.15) is 29.4 Å². The predicted molar refractivity (Wildman–Crippen MR) is 137 cm³/mol. The van der Waals surface area contributed by atoms with Crippen LogP contribution in [0.2, 0.25) is 0 Å². The van der Waals surface area contributed by atoms with Crippen molar-refractivity contribution in [3.05, 3.63) is 71.9 Å². The highest BCUT2D eigenvalue weighted by atomic mass is 19.4. The molecule has 3 aromatic rings. The van der Waals surface area contributed by atoms with E-state index >= 15 is 0 Å². The molecular formula is C27H28F3N5O. The Kier molecular flexibility index (Phi) is 7.69. The first kappa shape index (κ1) is 25.4. The average molecular weight is 496 g/mol. The third-order valence-electron chi connectivity index (χ3n) is 6.20. The number of piperazine rings is 1. The number of para-hydroxylation sites is 1. The molecule has 1 fully saturated rings. The van der Waals surface area contributed by atoms with Gasteiger partial charge in [-0.3, -0.25) is 9.69 Å². The van der Waals surface area contributed by atoms with E-state index in [0.29, 0.717) is 49.6 Å². The minimum Gasteiger partial charge on any atom is -0.369 e. The summed E-state index contributed by atoms with van der Waals surface area (Å²) in [6.45, 7) is 4.18. The molecule has 2 aromatic carbocycles. The molecule has 0 aliphatic carbocycles. The van der Waals surface area contributed by atoms with Crippen molar-refractivity contribution in [1.29, 1.82) is 5.41 Å². The van der Waals surface area contributed by atoms with Crippen LogP contribution in [0.5, 0.6) is 0 Å². The van der Waals surface area contributed by atoms with Crippen LogP contribution in [0, 0.1) is 5.41 Å². The molecule has 1 aliphatic rings. The number of carbonyl (C=O) groups is 1. The van der Waals surface area contributed by atoms with Crippen molar-refractivity contribution >= 4 is 29.2 Å². The van der Waals surface area contributed by atoms with Crippen LogP contribution in [-0.4, -0.2) is 60.8 Å². The minimum absolute atomic E-state index is 0.0302. The normalized spacial score (nSPS) is 14.5. The number of aromatic nitrogens is 1. The number of alkyl halides is 3. The van der Waals surface area contributed by atoms with Crippen molar-refractivity contribution in [2.45, 2.75) is 19.5 Å². The van der Waals surface area contributed by atoms with E-state index in [1.807, 2.05) is 59.5 Å². The van der Waals surface area contributed by atoms with Gasteiger partial charge in [-0.05, 0) is 48.4 Å². The maximum atomic E-state index is 12.5. The van der Waals surface area contributed by atoms with Crippen molar-refractivity contribution in [1.82, 2.24) is 9.88 Å². The van der Waals surface area contributed by atoms with Crippen LogP contribution >= 0.6 is 0 Å². The van der Waals surface area contributed by atoms with Crippen LogP contribution < -0.4 is 10.2 Å². The van der Waals surface area contributed by atoms with E-state index in [1.165, 1.54) is 0 Å². The van der Waals surface area contributed by atoms with Crippen molar-refractivity contribution in [2.75, 3.05) is 42.9 Å². The molecule has 0 unspecified atom stereocenters. The van der Waals surface area contributed by atoms with E-state index in [2.05, 4.69) is 15.2 Å². The maximum Gasteiger partial charge on any atom is 0.390 e. The molecule has 0 spiro atoms. The zero-order valence-corrected chi connectivity index (χ0v) is 20.0. The van der Waals surface area contributed by atoms with Gasteiger partial charge >= 0.3 is 6.18 Å². The predicted octanol–water partition coefficient (Wildman–Crippen LogP) is 5.77. The summed E-state index contributed by atoms with van der Waals surface area (Å²) in [6, 6.07) is 18.9. The average Bonchev–Trinajstić information content (AvgIpc) is 2.87. The number of anilines is 3. The number of nitrogens with one attached hydrogen (secondary N) is 2. The SMILES string of the molecule is CC(=N)c1c(-c2ccc(N3CCN(CCC(F)(F)F)CC3)cc2)cc(C=O)nc1Nc1ccccc1. The van der Waals surface area contributed by atoms with Gasteiger partial charge in [-0.1, -0.05) is 30.3 Å². The molecule has 2 heterocycles. The Morgan fingerprint density at radius 1 is 1.06 bits per heavy atom. The molecule has 188 valence electrons. The lowest BCUT2D eigenvalue weighted by atomic mass is 9.96. The molecule has 6 nitrogen and oxygen atoms in total. The van der Waals surface area contributed by atoms with Crippen molar-refractivity contribution in [2.24, 2.45) is 0 Å². The van der Waals surface area contributed by atoms with E-state index in [0.717, 1.165) is 22.5 Å². The van der Waals surface area contributed by atoms with Gasteiger partial charge in [0.05, 0.1) is 6.42 Å². The molecule has 2 N–H and O–H groups in total. The topological polar surface area (TPSA) is 72.3 Å². The Balaban J connectivity index is 1.55. The molecule has 9 heteroatoms. The summed E-state index contributed by atoms with van der Waals surface area (Å²) in [5.74, 6) is 0.437. The molecule has 36 heavy (non-hydrogen) atoms. The second-order valence-corrected chi connectivity index (χ2v) is 8.79. The molecule has 0 amide bonds. The number of benzene rings is 2. The molecule has 1 saturated heterocycles. The van der Waals surface area contributed by atoms with Gasteiger partial charge in [-0.2, -0.15) is 13.2 Å². The summed E-state index contributed by atoms with van der Waals surface area (Å²) >= 11 is 0. The summed E-state index contributed by atoms with van der Waals surface area (Å²) in [7, 11) is 0. The Morgan fingerprint density at radius 2 is 1.72 bits per heavy atom. The first-order valence-electron chi connectivity index (χ1n) is 11.8. The highest BCUT2D eigenvalue weighted by molar-refractivity contribution is 6.07. The van der Waals surface area contributed by atoms with Gasteiger partial charge in [-0.15, -0.1) is 0 Å². The number of rotatable bonds is 8. The molecule has 0 bridgehead atoms. The quantitative estimate of drug-likeness (QED) is 0.307. The second kappa shape index (κ2) is 10.9. The molecule has 1 aliphatic heterocycles. The number of halogens is 3. The summed E-state index contributed by atoms with van der Waals surface area (Å²) in [5.41, 5.74) is 4.52. The maximum absolute atomic E-state index is 12.5. The largest absolute Gasteiger partial charge is 0.390 e. The zero-order chi connectivity index (χ0) is 25.7. The second-order valence-electron chi connectivity index (χ2n) is 8.79. The summed E-state index contributed by atoms with van der Waals surface area (Å²) in [5, 5.41) is 11.6. The first-order chi connectivity index (χ1) is 17.2. The van der Waals surface area contributed by atoms with Crippen LogP contribution in [0.25, 0.3) is 11.1 Å². The van der Waals surface area contributed by atoms with E-state index in [9.17, 15) is 18.0 Å². The lowest BCUT2D eigenvalue weighted by Gasteiger charge is -2.36. The van der Waals surface area contributed by atoms with E-state index < -0.39 is 12.6 Å². The van der Waals surface area contributed by atoms with Gasteiger partial charge in [-0.25, -0.2) is 4.98 Å². The number of carbonyl (C=O) groups excluding carboxylic acids is 1. The standard InChI is InChI=1S/C27H28F3N5O/c1-19(31)25-24(17-22(18-36)33-26(25)32-21-5-3-2-4-6-21)20-7-9-23(10-8-20)35-15-13-34(14-16-35)12-11-27(28,29)30/h2-10,17-18,31H,11-16H2,1H3,(H,32,33). The van der Waals surface area contributed by atoms with E-state index in [1.54, 1.807) is 13.0 Å². The molecular weight excluding hydrogens is 467 g/mol. The Hall–Kier alpha value is -3.72. The number of hydrogen-bond acceptors (Lipinski definition) is 6. The molecule has 1 aromatic heterocycles. The zero-order valence-electron chi connectivity index (χ0n) is 20.0. The van der Waals surface area contributed by atoms with E-state index in [-0.39, 0.29) is 12.2 Å². The monoisotopic (exact) mass is 495 g/mol. The number of nitrogens with zero attached hydrogens (tertiary/aromatic N) is 3. The molecule has 0 saturated carbocycles. The molecule has 4 rings (SSSR count). The van der Waals surface area contributed by atoms with Gasteiger partial charge in [0.25, 0.3) is 0 Å². The van der Waals surface area contributed by atoms with Gasteiger partial charge in [0, 0.05) is 55.4 Å². The van der Waals surface area contributed by atoms with Gasteiger partial charge in [0.15, 0.2) is 6.29 Å². The summed E-state index contributed by atoms with van der Waals surface area (Å²) < 4.78 is 37.5. The van der Waals surface area contributed by atoms with Crippen LogP contribution in [0.4, 0.5) is 30.4 Å². The summed E-state index contributed by atoms with van der Waals surface area (Å²) in [6.07, 6.45) is -4.23. The highest BCUT2D eigenvalue weighted by Gasteiger charge is 2.28. The van der Waals surface area contributed by atoms with Gasteiger partial charge in [0.2, 0.25) is 0 Å². The van der Waals surface area contributed by atoms with Crippen molar-refractivity contribution in [3.8, 4) is 11.1 Å². The third kappa shape index (κ3) is 6.28. The summed E-state index contributed by atoms with van der Waals surface area (Å²) in [4.78, 5) is 20.1. The van der Waals surface area contributed by atoms with Crippen LogP contribution in [-0.2, 0) is 0 Å². The molecule has 0 radical (unpaired) electrons. The fraction of sp³-hybridized carbons (Fsp3) is 0.296. The third-order valence-corrected chi connectivity index (χ3v) is 6.20. The Labute approximate surface area is 208 Å². The van der Waals surface area contributed by atoms with E-state index in [4.69, 9.17) is 5.41 Å². The van der Waals surface area contributed by atoms with Crippen molar-refractivity contribution < 1.29 is 18.0 Å². The Morgan fingerprint density at radius 3 is 2.31 bits per heavy atom. The van der Waals surface area contributed by atoms with Gasteiger partial charge in [0.1, 0.15) is 11.5 Å². The number of pyridine rings is 1. The first-order valence-corrected chi connectivity index (χ1v) is 11.8. The Bertz CT molecular complexity index is 1200. The van der Waals surface area contributed by atoms with Gasteiger partial charge < -0.3 is 15.6 Å². The smallest absolute Gasteiger partial charge is 0.369 e. The lowest BCUT2D eigenvalue weighted by Crippen LogP contribution is -2.47. The lowest BCUT2D eigenvalue weighted by molar-refractivity contribution is -0.138.